The lowest BCUT2D eigenvalue weighted by Gasteiger charge is -2.00. The van der Waals surface area contributed by atoms with E-state index in [0.717, 1.165) is 15.9 Å². The molecule has 16 heavy (non-hydrogen) atoms. The first kappa shape index (κ1) is 10.6. The monoisotopic (exact) mass is 221 g/mol. The minimum atomic E-state index is -0.592. The molecule has 0 bridgehead atoms. The number of alkyl halides is 1. The molecule has 1 aromatic heterocycles. The van der Waals surface area contributed by atoms with Crippen molar-refractivity contribution in [3.8, 4) is 5.69 Å². The second-order valence-corrected chi connectivity index (χ2v) is 3.53. The van der Waals surface area contributed by atoms with Crippen LogP contribution in [0.3, 0.4) is 0 Å². The maximum Gasteiger partial charge on any atom is 0.350 e. The first-order valence-corrected chi connectivity index (χ1v) is 5.00. The van der Waals surface area contributed by atoms with Gasteiger partial charge in [-0.3, -0.25) is 0 Å². The van der Waals surface area contributed by atoms with Crippen molar-refractivity contribution in [2.24, 2.45) is 0 Å². The molecule has 2 rings (SSSR count). The van der Waals surface area contributed by atoms with Crippen LogP contribution in [-0.2, 0) is 6.54 Å². The van der Waals surface area contributed by atoms with Gasteiger partial charge in [0, 0.05) is 0 Å². The van der Waals surface area contributed by atoms with E-state index >= 15 is 0 Å². The first-order valence-electron chi connectivity index (χ1n) is 5.00. The Morgan fingerprint density at radius 2 is 2.00 bits per heavy atom. The van der Waals surface area contributed by atoms with Gasteiger partial charge in [-0.2, -0.15) is 5.10 Å². The molecule has 5 heteroatoms. The van der Waals surface area contributed by atoms with Crippen molar-refractivity contribution >= 4 is 0 Å². The molecule has 0 saturated heterocycles. The van der Waals surface area contributed by atoms with Crippen molar-refractivity contribution < 1.29 is 4.39 Å². The van der Waals surface area contributed by atoms with Crippen LogP contribution < -0.4 is 5.69 Å². The van der Waals surface area contributed by atoms with E-state index in [1.54, 1.807) is 0 Å². The number of halogens is 1. The summed E-state index contributed by atoms with van der Waals surface area (Å²) in [7, 11) is 0. The Morgan fingerprint density at radius 3 is 2.62 bits per heavy atom. The van der Waals surface area contributed by atoms with Crippen LogP contribution in [0, 0.1) is 6.92 Å². The van der Waals surface area contributed by atoms with Gasteiger partial charge in [0.1, 0.15) is 13.0 Å². The summed E-state index contributed by atoms with van der Waals surface area (Å²) < 4.78 is 14.6. The fourth-order valence-corrected chi connectivity index (χ4v) is 1.45. The molecule has 0 amide bonds. The zero-order valence-corrected chi connectivity index (χ0v) is 8.93. The average Bonchev–Trinajstić information content (AvgIpc) is 2.63. The Balaban J connectivity index is 2.41. The molecule has 0 aliphatic carbocycles. The Morgan fingerprint density at radius 1 is 1.31 bits per heavy atom. The van der Waals surface area contributed by atoms with E-state index in [-0.39, 0.29) is 12.2 Å². The Hall–Kier alpha value is -1.91. The van der Waals surface area contributed by atoms with E-state index in [1.807, 2.05) is 31.2 Å². The lowest BCUT2D eigenvalue weighted by atomic mass is 10.2. The van der Waals surface area contributed by atoms with Crippen molar-refractivity contribution in [2.75, 3.05) is 6.67 Å². The first-order chi connectivity index (χ1) is 7.72. The molecule has 1 heterocycles. The summed E-state index contributed by atoms with van der Waals surface area (Å²) in [5.41, 5.74) is 1.54. The summed E-state index contributed by atoms with van der Waals surface area (Å²) in [4.78, 5) is 11.7. The SMILES string of the molecule is Cc1ccc(-n2cnn(CCF)c2=O)cc1. The molecule has 0 atom stereocenters. The fourth-order valence-electron chi connectivity index (χ4n) is 1.45. The van der Waals surface area contributed by atoms with Crippen molar-refractivity contribution in [3.63, 3.8) is 0 Å². The summed E-state index contributed by atoms with van der Waals surface area (Å²) in [5, 5.41) is 3.83. The van der Waals surface area contributed by atoms with Crippen molar-refractivity contribution in [1.82, 2.24) is 14.3 Å². The summed E-state index contributed by atoms with van der Waals surface area (Å²) in [5.74, 6) is 0. The van der Waals surface area contributed by atoms with Crippen LogP contribution in [0.25, 0.3) is 5.69 Å². The molecule has 0 saturated carbocycles. The quantitative estimate of drug-likeness (QED) is 0.784. The Bertz CT molecular complexity index is 527. The third-order valence-electron chi connectivity index (χ3n) is 2.34. The third-order valence-corrected chi connectivity index (χ3v) is 2.34. The number of benzene rings is 1. The van der Waals surface area contributed by atoms with Gasteiger partial charge in [-0.05, 0) is 19.1 Å². The predicted octanol–water partition coefficient (Wildman–Crippen LogP) is 1.31. The van der Waals surface area contributed by atoms with Gasteiger partial charge in [0.15, 0.2) is 0 Å². The fraction of sp³-hybridized carbons (Fsp3) is 0.273. The number of aromatic nitrogens is 3. The summed E-state index contributed by atoms with van der Waals surface area (Å²) in [6.45, 7) is 1.38. The number of rotatable bonds is 3. The lowest BCUT2D eigenvalue weighted by molar-refractivity contribution is 0.420. The van der Waals surface area contributed by atoms with Crippen LogP contribution >= 0.6 is 0 Å². The molecule has 0 N–H and O–H groups in total. The summed E-state index contributed by atoms with van der Waals surface area (Å²) >= 11 is 0. The molecule has 0 aliphatic rings. The second-order valence-electron chi connectivity index (χ2n) is 3.53. The van der Waals surface area contributed by atoms with E-state index < -0.39 is 6.67 Å². The van der Waals surface area contributed by atoms with Gasteiger partial charge in [-0.15, -0.1) is 0 Å². The van der Waals surface area contributed by atoms with Gasteiger partial charge in [0.2, 0.25) is 0 Å². The highest BCUT2D eigenvalue weighted by atomic mass is 19.1. The molecule has 84 valence electrons. The minimum Gasteiger partial charge on any atom is -0.250 e. The number of nitrogens with zero attached hydrogens (tertiary/aromatic N) is 3. The zero-order chi connectivity index (χ0) is 11.5. The minimum absolute atomic E-state index is 0.00229. The van der Waals surface area contributed by atoms with Gasteiger partial charge in [0.25, 0.3) is 0 Å². The normalized spacial score (nSPS) is 10.6. The molecule has 2 aromatic rings. The van der Waals surface area contributed by atoms with Crippen LogP contribution in [-0.4, -0.2) is 21.0 Å². The zero-order valence-electron chi connectivity index (χ0n) is 8.93. The summed E-state index contributed by atoms with van der Waals surface area (Å²) in [6.07, 6.45) is 1.41. The number of hydrogen-bond acceptors (Lipinski definition) is 2. The highest BCUT2D eigenvalue weighted by Crippen LogP contribution is 2.05. The molecule has 1 aromatic carbocycles. The topological polar surface area (TPSA) is 39.8 Å². The van der Waals surface area contributed by atoms with Crippen LogP contribution in [0.15, 0.2) is 35.4 Å². The van der Waals surface area contributed by atoms with Crippen LogP contribution in [0.1, 0.15) is 5.56 Å². The molecule has 0 spiro atoms. The van der Waals surface area contributed by atoms with Gasteiger partial charge in [-0.1, -0.05) is 17.7 Å². The van der Waals surface area contributed by atoms with Crippen molar-refractivity contribution in [3.05, 3.63) is 46.6 Å². The van der Waals surface area contributed by atoms with E-state index in [1.165, 1.54) is 10.9 Å². The van der Waals surface area contributed by atoms with Crippen molar-refractivity contribution in [1.29, 1.82) is 0 Å². The maximum atomic E-state index is 12.1. The lowest BCUT2D eigenvalue weighted by Crippen LogP contribution is -2.24. The van der Waals surface area contributed by atoms with Crippen molar-refractivity contribution in [2.45, 2.75) is 13.5 Å². The van der Waals surface area contributed by atoms with Gasteiger partial charge in [-0.25, -0.2) is 18.4 Å². The van der Waals surface area contributed by atoms with Crippen LogP contribution in [0.4, 0.5) is 4.39 Å². The molecular formula is C11H12FN3O. The molecule has 4 nitrogen and oxygen atoms in total. The summed E-state index contributed by atoms with van der Waals surface area (Å²) in [6, 6.07) is 7.49. The van der Waals surface area contributed by atoms with Gasteiger partial charge < -0.3 is 0 Å². The second kappa shape index (κ2) is 4.30. The van der Waals surface area contributed by atoms with E-state index in [9.17, 15) is 9.18 Å². The average molecular weight is 221 g/mol. The van der Waals surface area contributed by atoms with E-state index in [0.29, 0.717) is 0 Å². The standard InChI is InChI=1S/C11H12FN3O/c1-9-2-4-10(5-3-9)14-8-13-15(7-6-12)11(14)16/h2-5,8H,6-7H2,1H3. The largest absolute Gasteiger partial charge is 0.350 e. The molecular weight excluding hydrogens is 209 g/mol. The third kappa shape index (κ3) is 1.88. The number of aryl methyl sites for hydroxylation is 2. The molecule has 0 fully saturated rings. The van der Waals surface area contributed by atoms with Gasteiger partial charge in [0.05, 0.1) is 12.2 Å². The molecule has 0 aliphatic heterocycles. The molecule has 0 unspecified atom stereocenters. The Kier molecular flexibility index (Phi) is 2.85. The van der Waals surface area contributed by atoms with Crippen LogP contribution in [0.2, 0.25) is 0 Å². The highest BCUT2D eigenvalue weighted by Gasteiger charge is 2.05. The van der Waals surface area contributed by atoms with E-state index in [4.69, 9.17) is 0 Å². The number of hydrogen-bond donors (Lipinski definition) is 0. The highest BCUT2D eigenvalue weighted by molar-refractivity contribution is 5.33. The molecule has 0 radical (unpaired) electrons. The smallest absolute Gasteiger partial charge is 0.250 e. The predicted molar refractivity (Wildman–Crippen MR) is 58.5 cm³/mol. The maximum absolute atomic E-state index is 12.1. The van der Waals surface area contributed by atoms with Gasteiger partial charge >= 0.3 is 5.69 Å². The van der Waals surface area contributed by atoms with Crippen LogP contribution in [0.5, 0.6) is 0 Å². The van der Waals surface area contributed by atoms with E-state index in [2.05, 4.69) is 5.10 Å². The Labute approximate surface area is 91.9 Å².